The Kier molecular flexibility index (Phi) is 6.85. The number of hydrazone groups is 1. The molecule has 1 aliphatic rings. The lowest BCUT2D eigenvalue weighted by Gasteiger charge is -2.12. The summed E-state index contributed by atoms with van der Waals surface area (Å²) >= 11 is 11.8. The molecule has 3 amide bonds. The van der Waals surface area contributed by atoms with E-state index in [1.54, 1.807) is 6.07 Å². The highest BCUT2D eigenvalue weighted by Crippen LogP contribution is 2.20. The maximum Gasteiger partial charge on any atom is 0.271 e. The Morgan fingerprint density at radius 2 is 1.76 bits per heavy atom. The van der Waals surface area contributed by atoms with Crippen LogP contribution in [0.4, 0.5) is 0 Å². The van der Waals surface area contributed by atoms with Gasteiger partial charge in [0.25, 0.3) is 5.91 Å². The van der Waals surface area contributed by atoms with Gasteiger partial charge in [0.1, 0.15) is 0 Å². The number of benzene rings is 2. The average molecular weight is 433 g/mol. The predicted octanol–water partition coefficient (Wildman–Crippen LogP) is 3.17. The number of hydrogen-bond donors (Lipinski definition) is 2. The van der Waals surface area contributed by atoms with E-state index in [2.05, 4.69) is 16.0 Å². The topological polar surface area (TPSA) is 90.9 Å². The highest BCUT2D eigenvalue weighted by molar-refractivity contribution is 6.35. The first kappa shape index (κ1) is 20.8. The van der Waals surface area contributed by atoms with E-state index in [-0.39, 0.29) is 29.3 Å². The molecule has 7 nitrogen and oxygen atoms in total. The second-order valence-electron chi connectivity index (χ2n) is 6.31. The molecule has 1 aliphatic heterocycles. The van der Waals surface area contributed by atoms with E-state index in [1.165, 1.54) is 17.1 Å². The average Bonchev–Trinajstić information content (AvgIpc) is 3.23. The molecule has 150 valence electrons. The van der Waals surface area contributed by atoms with Crippen molar-refractivity contribution in [2.75, 3.05) is 6.54 Å². The molecule has 1 heterocycles. The van der Waals surface area contributed by atoms with Crippen molar-refractivity contribution >= 4 is 46.6 Å². The Bertz CT molecular complexity index is 963. The van der Waals surface area contributed by atoms with Crippen LogP contribution in [0, 0.1) is 0 Å². The van der Waals surface area contributed by atoms with Crippen LogP contribution in [0.1, 0.15) is 35.2 Å². The summed E-state index contributed by atoms with van der Waals surface area (Å²) in [4.78, 5) is 36.3. The van der Waals surface area contributed by atoms with E-state index in [1.807, 2.05) is 30.3 Å². The molecule has 0 atom stereocenters. The molecule has 0 unspecified atom stereocenters. The lowest BCUT2D eigenvalue weighted by molar-refractivity contribution is -0.133. The second-order valence-corrected chi connectivity index (χ2v) is 7.15. The summed E-state index contributed by atoms with van der Waals surface area (Å²) in [6.07, 6.45) is 0.554. The molecule has 0 bridgehead atoms. The van der Waals surface area contributed by atoms with E-state index < -0.39 is 11.8 Å². The summed E-state index contributed by atoms with van der Waals surface area (Å²) in [6, 6.07) is 14.1. The lowest BCUT2D eigenvalue weighted by Crippen LogP contribution is -2.42. The third kappa shape index (κ3) is 5.56. The largest absolute Gasteiger partial charge is 0.273 e. The summed E-state index contributed by atoms with van der Waals surface area (Å²) < 4.78 is 0. The summed E-state index contributed by atoms with van der Waals surface area (Å²) in [5, 5.41) is 6.27. The quantitative estimate of drug-likeness (QED) is 0.710. The minimum absolute atomic E-state index is 0.0226. The number of hydrazine groups is 1. The zero-order valence-corrected chi connectivity index (χ0v) is 16.8. The second kappa shape index (κ2) is 9.54. The number of halogens is 2. The molecule has 2 aromatic carbocycles. The SMILES string of the molecule is O=C(CCC(=O)N1CCC(c2ccccc2)=N1)NNC(=O)c1cc(Cl)ccc1Cl. The molecular weight excluding hydrogens is 415 g/mol. The smallest absolute Gasteiger partial charge is 0.271 e. The van der Waals surface area contributed by atoms with Crippen molar-refractivity contribution < 1.29 is 14.4 Å². The van der Waals surface area contributed by atoms with Crippen molar-refractivity contribution in [1.29, 1.82) is 0 Å². The number of carbonyl (C=O) groups excluding carboxylic acids is 3. The van der Waals surface area contributed by atoms with Crippen molar-refractivity contribution in [2.45, 2.75) is 19.3 Å². The van der Waals surface area contributed by atoms with Crippen molar-refractivity contribution in [3.8, 4) is 0 Å². The lowest BCUT2D eigenvalue weighted by atomic mass is 10.1. The zero-order valence-electron chi connectivity index (χ0n) is 15.3. The van der Waals surface area contributed by atoms with Gasteiger partial charge >= 0.3 is 0 Å². The monoisotopic (exact) mass is 432 g/mol. The minimum Gasteiger partial charge on any atom is -0.273 e. The van der Waals surface area contributed by atoms with Crippen LogP contribution in [-0.4, -0.2) is 35.0 Å². The van der Waals surface area contributed by atoms with Gasteiger partial charge in [0.15, 0.2) is 0 Å². The standard InChI is InChI=1S/C20H18Cl2N4O3/c21-14-6-7-16(22)15(12-14)20(29)24-23-18(27)8-9-19(28)26-11-10-17(25-26)13-4-2-1-3-5-13/h1-7,12H,8-11H2,(H,23,27)(H,24,29). The molecule has 0 saturated carbocycles. The van der Waals surface area contributed by atoms with Gasteiger partial charge in [-0.1, -0.05) is 53.5 Å². The van der Waals surface area contributed by atoms with E-state index in [0.29, 0.717) is 18.0 Å². The fourth-order valence-corrected chi connectivity index (χ4v) is 3.12. The molecule has 2 N–H and O–H groups in total. The van der Waals surface area contributed by atoms with E-state index in [0.717, 1.165) is 11.3 Å². The van der Waals surface area contributed by atoms with Gasteiger partial charge in [0.05, 0.1) is 22.8 Å². The first-order valence-corrected chi connectivity index (χ1v) is 9.67. The molecule has 0 aromatic heterocycles. The zero-order chi connectivity index (χ0) is 20.8. The normalized spacial score (nSPS) is 13.0. The summed E-state index contributed by atoms with van der Waals surface area (Å²) in [6.45, 7) is 0.481. The van der Waals surface area contributed by atoms with E-state index in [9.17, 15) is 14.4 Å². The molecule has 3 rings (SSSR count). The fourth-order valence-electron chi connectivity index (χ4n) is 2.75. The van der Waals surface area contributed by atoms with Gasteiger partial charge < -0.3 is 0 Å². The molecule has 0 spiro atoms. The first-order chi connectivity index (χ1) is 13.9. The Hall–Kier alpha value is -2.90. The minimum atomic E-state index is -0.603. The maximum atomic E-state index is 12.3. The Morgan fingerprint density at radius 3 is 2.52 bits per heavy atom. The van der Waals surface area contributed by atoms with Crippen LogP contribution in [0.3, 0.4) is 0 Å². The van der Waals surface area contributed by atoms with Crippen LogP contribution in [0.15, 0.2) is 53.6 Å². The molecular formula is C20H18Cl2N4O3. The van der Waals surface area contributed by atoms with Gasteiger partial charge in [-0.05, 0) is 23.8 Å². The summed E-state index contributed by atoms with van der Waals surface area (Å²) in [7, 11) is 0. The van der Waals surface area contributed by atoms with Gasteiger partial charge in [-0.25, -0.2) is 5.01 Å². The molecule has 29 heavy (non-hydrogen) atoms. The highest BCUT2D eigenvalue weighted by Gasteiger charge is 2.22. The Morgan fingerprint density at radius 1 is 1.00 bits per heavy atom. The summed E-state index contributed by atoms with van der Waals surface area (Å²) in [5.74, 6) is -1.36. The molecule has 0 saturated heterocycles. The van der Waals surface area contributed by atoms with Gasteiger partial charge in [-0.2, -0.15) is 5.10 Å². The van der Waals surface area contributed by atoms with E-state index >= 15 is 0 Å². The number of rotatable bonds is 5. The summed E-state index contributed by atoms with van der Waals surface area (Å²) in [5.41, 5.74) is 6.47. The van der Waals surface area contributed by atoms with Crippen LogP contribution < -0.4 is 10.9 Å². The molecule has 2 aromatic rings. The highest BCUT2D eigenvalue weighted by atomic mass is 35.5. The van der Waals surface area contributed by atoms with Crippen LogP contribution in [0.5, 0.6) is 0 Å². The fraction of sp³-hybridized carbons (Fsp3) is 0.200. The Balaban J connectivity index is 1.46. The molecule has 0 aliphatic carbocycles. The number of nitrogens with zero attached hydrogens (tertiary/aromatic N) is 2. The van der Waals surface area contributed by atoms with Gasteiger partial charge in [-0.3, -0.25) is 25.2 Å². The van der Waals surface area contributed by atoms with Gasteiger partial charge in [0, 0.05) is 24.3 Å². The molecule has 9 heteroatoms. The van der Waals surface area contributed by atoms with Crippen LogP contribution in [0.25, 0.3) is 0 Å². The van der Waals surface area contributed by atoms with Crippen molar-refractivity contribution in [3.05, 3.63) is 69.7 Å². The predicted molar refractivity (Wildman–Crippen MR) is 111 cm³/mol. The Labute approximate surface area is 177 Å². The third-order valence-corrected chi connectivity index (χ3v) is 4.82. The van der Waals surface area contributed by atoms with Crippen LogP contribution in [0.2, 0.25) is 10.0 Å². The van der Waals surface area contributed by atoms with Crippen molar-refractivity contribution in [3.63, 3.8) is 0 Å². The molecule has 0 fully saturated rings. The van der Waals surface area contributed by atoms with Gasteiger partial charge in [-0.15, -0.1) is 0 Å². The van der Waals surface area contributed by atoms with Crippen LogP contribution >= 0.6 is 23.2 Å². The van der Waals surface area contributed by atoms with Crippen molar-refractivity contribution in [1.82, 2.24) is 15.9 Å². The number of nitrogens with one attached hydrogen (secondary N) is 2. The van der Waals surface area contributed by atoms with E-state index in [4.69, 9.17) is 23.2 Å². The third-order valence-electron chi connectivity index (χ3n) is 4.25. The number of carbonyl (C=O) groups is 3. The molecule has 0 radical (unpaired) electrons. The van der Waals surface area contributed by atoms with Crippen molar-refractivity contribution in [2.24, 2.45) is 5.10 Å². The van der Waals surface area contributed by atoms with Gasteiger partial charge in [0.2, 0.25) is 11.8 Å². The maximum absolute atomic E-state index is 12.3. The first-order valence-electron chi connectivity index (χ1n) is 8.91. The number of hydrogen-bond acceptors (Lipinski definition) is 4. The number of amides is 3. The van der Waals surface area contributed by atoms with Crippen LogP contribution in [-0.2, 0) is 9.59 Å².